The van der Waals surface area contributed by atoms with E-state index in [4.69, 9.17) is 16.1 Å². The van der Waals surface area contributed by atoms with Gasteiger partial charge in [-0.1, -0.05) is 16.8 Å². The fourth-order valence-corrected chi connectivity index (χ4v) is 3.16. The van der Waals surface area contributed by atoms with Crippen molar-refractivity contribution in [1.29, 1.82) is 0 Å². The minimum Gasteiger partial charge on any atom is -0.339 e. The maximum Gasteiger partial charge on any atom is 0.227 e. The summed E-state index contributed by atoms with van der Waals surface area (Å²) in [5, 5.41) is 3.90. The van der Waals surface area contributed by atoms with Crippen LogP contribution < -0.4 is 0 Å². The molecule has 3 rings (SSSR count). The second-order valence-corrected chi connectivity index (χ2v) is 6.24. The molecule has 0 aromatic carbocycles. The van der Waals surface area contributed by atoms with Crippen LogP contribution in [0, 0.1) is 6.92 Å². The summed E-state index contributed by atoms with van der Waals surface area (Å²) < 4.78 is 5.79. The van der Waals surface area contributed by atoms with Gasteiger partial charge >= 0.3 is 0 Å². The molecule has 0 aliphatic rings. The zero-order valence-electron chi connectivity index (χ0n) is 9.96. The molecule has 98 valence electrons. The first kappa shape index (κ1) is 12.7. The van der Waals surface area contributed by atoms with Gasteiger partial charge in [0.25, 0.3) is 0 Å². The second-order valence-electron chi connectivity index (χ2n) is 3.85. The first-order chi connectivity index (χ1) is 9.24. The molecule has 0 fully saturated rings. The lowest BCUT2D eigenvalue weighted by molar-refractivity contribution is 0.379. The van der Waals surface area contributed by atoms with Crippen LogP contribution in [0.4, 0.5) is 0 Å². The van der Waals surface area contributed by atoms with Gasteiger partial charge in [-0.3, -0.25) is 0 Å². The Labute approximate surface area is 122 Å². The molecule has 0 atom stereocenters. The third-order valence-corrected chi connectivity index (χ3v) is 4.67. The van der Waals surface area contributed by atoms with Crippen molar-refractivity contribution in [3.05, 3.63) is 31.8 Å². The lowest BCUT2D eigenvalue weighted by atomic mass is 10.2. The minimum atomic E-state index is 0.447. The highest BCUT2D eigenvalue weighted by Crippen LogP contribution is 2.27. The Hall–Kier alpha value is -1.31. The Morgan fingerprint density at radius 3 is 2.74 bits per heavy atom. The second kappa shape index (κ2) is 5.36. The highest BCUT2D eigenvalue weighted by molar-refractivity contribution is 7.14. The molecule has 0 N–H and O–H groups in total. The first-order valence-electron chi connectivity index (χ1n) is 5.55. The fourth-order valence-electron chi connectivity index (χ4n) is 1.62. The van der Waals surface area contributed by atoms with Crippen molar-refractivity contribution >= 4 is 34.3 Å². The van der Waals surface area contributed by atoms with Crippen molar-refractivity contribution in [3.63, 3.8) is 0 Å². The van der Waals surface area contributed by atoms with Gasteiger partial charge in [-0.2, -0.15) is 4.98 Å². The molecule has 8 heteroatoms. The van der Waals surface area contributed by atoms with Crippen LogP contribution in [-0.2, 0) is 12.8 Å². The zero-order valence-corrected chi connectivity index (χ0v) is 12.3. The topological polar surface area (TPSA) is 64.7 Å². The van der Waals surface area contributed by atoms with Crippen LogP contribution >= 0.6 is 34.3 Å². The van der Waals surface area contributed by atoms with Gasteiger partial charge in [0.15, 0.2) is 0 Å². The molecule has 0 unspecified atom stereocenters. The van der Waals surface area contributed by atoms with Crippen LogP contribution in [0.3, 0.4) is 0 Å². The molecule has 0 amide bonds. The number of aromatic nitrogens is 4. The summed E-state index contributed by atoms with van der Waals surface area (Å²) in [5.41, 5.74) is 5.15. The molecular formula is C11H9ClN4OS2. The van der Waals surface area contributed by atoms with Gasteiger partial charge in [-0.25, -0.2) is 9.97 Å². The van der Waals surface area contributed by atoms with Crippen molar-refractivity contribution in [3.8, 4) is 11.5 Å². The van der Waals surface area contributed by atoms with E-state index in [2.05, 4.69) is 20.1 Å². The molecule has 5 nitrogen and oxygen atoms in total. The molecule has 19 heavy (non-hydrogen) atoms. The first-order valence-corrected chi connectivity index (χ1v) is 7.68. The number of hydrogen-bond donors (Lipinski definition) is 0. The quantitative estimate of drug-likeness (QED) is 0.738. The fraction of sp³-hybridized carbons (Fsp3) is 0.273. The summed E-state index contributed by atoms with van der Waals surface area (Å²) in [7, 11) is 0. The highest BCUT2D eigenvalue weighted by atomic mass is 35.5. The highest BCUT2D eigenvalue weighted by Gasteiger charge is 2.14. The molecule has 0 radical (unpaired) electrons. The Bertz CT molecular complexity index is 690. The Kier molecular flexibility index (Phi) is 3.58. The normalized spacial score (nSPS) is 11.1. The molecule has 0 bridgehead atoms. The molecule has 0 spiro atoms. The van der Waals surface area contributed by atoms with E-state index < -0.39 is 0 Å². The van der Waals surface area contributed by atoms with Crippen LogP contribution in [0.1, 0.15) is 16.5 Å². The van der Waals surface area contributed by atoms with E-state index in [1.807, 2.05) is 12.4 Å². The Morgan fingerprint density at radius 1 is 1.21 bits per heavy atom. The number of aryl methyl sites for hydroxylation is 3. The van der Waals surface area contributed by atoms with E-state index in [1.165, 1.54) is 16.2 Å². The van der Waals surface area contributed by atoms with Gasteiger partial charge in [-0.15, -0.1) is 22.7 Å². The lowest BCUT2D eigenvalue weighted by Gasteiger charge is -1.93. The van der Waals surface area contributed by atoms with E-state index in [0.717, 1.165) is 12.1 Å². The van der Waals surface area contributed by atoms with Gasteiger partial charge in [-0.05, 0) is 13.3 Å². The summed E-state index contributed by atoms with van der Waals surface area (Å²) in [4.78, 5) is 13.9. The molecular weight excluding hydrogens is 304 g/mol. The van der Waals surface area contributed by atoms with E-state index in [1.54, 1.807) is 16.8 Å². The van der Waals surface area contributed by atoms with Crippen LogP contribution in [-0.4, -0.2) is 20.1 Å². The number of hydrogen-bond acceptors (Lipinski definition) is 7. The number of thiazole rings is 2. The molecule has 0 saturated heterocycles. The predicted octanol–water partition coefficient (Wildman–Crippen LogP) is 3.40. The van der Waals surface area contributed by atoms with Crippen molar-refractivity contribution in [2.45, 2.75) is 19.8 Å². The average molecular weight is 313 g/mol. The molecule has 0 aliphatic heterocycles. The molecule has 0 saturated carbocycles. The van der Waals surface area contributed by atoms with Crippen LogP contribution in [0.15, 0.2) is 15.5 Å². The SMILES string of the molecule is Cc1ncsc1CCc1nc(-c2ncsc2Cl)no1. The van der Waals surface area contributed by atoms with E-state index in [9.17, 15) is 0 Å². The molecule has 3 aromatic rings. The summed E-state index contributed by atoms with van der Waals surface area (Å²) in [5.74, 6) is 1.04. The molecule has 3 aromatic heterocycles. The Balaban J connectivity index is 1.72. The Morgan fingerprint density at radius 2 is 2.05 bits per heavy atom. The van der Waals surface area contributed by atoms with Crippen molar-refractivity contribution in [2.24, 2.45) is 0 Å². The number of halogens is 1. The zero-order chi connectivity index (χ0) is 13.2. The minimum absolute atomic E-state index is 0.447. The van der Waals surface area contributed by atoms with Crippen molar-refractivity contribution in [2.75, 3.05) is 0 Å². The van der Waals surface area contributed by atoms with E-state index >= 15 is 0 Å². The van der Waals surface area contributed by atoms with Crippen molar-refractivity contribution < 1.29 is 4.52 Å². The van der Waals surface area contributed by atoms with Crippen molar-refractivity contribution in [1.82, 2.24) is 20.1 Å². The van der Waals surface area contributed by atoms with Gasteiger partial charge in [0.2, 0.25) is 11.7 Å². The standard InChI is InChI=1S/C11H9ClN4OS2/c1-6-7(18-4-13-6)2-3-8-15-11(16-17-8)9-10(12)19-5-14-9/h4-5H,2-3H2,1H3. The third-order valence-electron chi connectivity index (χ3n) is 2.61. The molecule has 3 heterocycles. The van der Waals surface area contributed by atoms with E-state index in [0.29, 0.717) is 28.2 Å². The van der Waals surface area contributed by atoms with Gasteiger partial charge in [0.1, 0.15) is 10.0 Å². The molecule has 0 aliphatic carbocycles. The number of rotatable bonds is 4. The maximum atomic E-state index is 5.99. The smallest absolute Gasteiger partial charge is 0.227 e. The summed E-state index contributed by atoms with van der Waals surface area (Å²) in [6.45, 7) is 2.00. The largest absolute Gasteiger partial charge is 0.339 e. The monoisotopic (exact) mass is 312 g/mol. The lowest BCUT2D eigenvalue weighted by Crippen LogP contribution is -1.91. The predicted molar refractivity (Wildman–Crippen MR) is 74.7 cm³/mol. The average Bonchev–Trinajstić information content (AvgIpc) is 3.08. The van der Waals surface area contributed by atoms with Gasteiger partial charge in [0, 0.05) is 11.3 Å². The number of nitrogens with zero attached hydrogens (tertiary/aromatic N) is 4. The summed E-state index contributed by atoms with van der Waals surface area (Å²) in [6, 6.07) is 0. The summed E-state index contributed by atoms with van der Waals surface area (Å²) in [6.07, 6.45) is 1.54. The van der Waals surface area contributed by atoms with Gasteiger partial charge < -0.3 is 4.52 Å². The van der Waals surface area contributed by atoms with Crippen LogP contribution in [0.5, 0.6) is 0 Å². The van der Waals surface area contributed by atoms with Crippen LogP contribution in [0.2, 0.25) is 4.34 Å². The van der Waals surface area contributed by atoms with E-state index in [-0.39, 0.29) is 0 Å². The van der Waals surface area contributed by atoms with Gasteiger partial charge in [0.05, 0.1) is 16.7 Å². The maximum absolute atomic E-state index is 5.99. The summed E-state index contributed by atoms with van der Waals surface area (Å²) >= 11 is 8.98. The third kappa shape index (κ3) is 2.68. The van der Waals surface area contributed by atoms with Crippen LogP contribution in [0.25, 0.3) is 11.5 Å².